The van der Waals surface area contributed by atoms with Crippen molar-refractivity contribution in [1.82, 2.24) is 0 Å². The molecule has 32 heavy (non-hydrogen) atoms. The Morgan fingerprint density at radius 3 is 1.47 bits per heavy atom. The molecule has 0 N–H and O–H groups in total. The lowest BCUT2D eigenvalue weighted by Crippen LogP contribution is -2.16. The predicted molar refractivity (Wildman–Crippen MR) is 130 cm³/mol. The number of ether oxygens (including phenoxy) is 4. The molecular formula is C22H22Br2Cl2O6. The Labute approximate surface area is 213 Å². The summed E-state index contributed by atoms with van der Waals surface area (Å²) < 4.78 is 22.6. The van der Waals surface area contributed by atoms with Gasteiger partial charge < -0.3 is 18.9 Å². The Balaban J connectivity index is 1.46. The second-order valence-corrected chi connectivity index (χ2v) is 9.23. The van der Waals surface area contributed by atoms with Gasteiger partial charge in [-0.1, -0.05) is 55.1 Å². The Kier molecular flexibility index (Phi) is 12.2. The third-order valence-corrected chi connectivity index (χ3v) is 5.62. The van der Waals surface area contributed by atoms with Crippen LogP contribution in [0.25, 0.3) is 0 Å². The molecule has 0 aliphatic carbocycles. The number of hydrogen-bond donors (Lipinski definition) is 0. The van der Waals surface area contributed by atoms with Gasteiger partial charge in [-0.3, -0.25) is 0 Å². The number of carbonyl (C=O) groups is 2. The van der Waals surface area contributed by atoms with Crippen LogP contribution >= 0.6 is 55.1 Å². The van der Waals surface area contributed by atoms with Gasteiger partial charge in [0.15, 0.2) is 13.2 Å². The Bertz CT molecular complexity index is 836. The molecule has 0 radical (unpaired) electrons. The van der Waals surface area contributed by atoms with E-state index in [0.29, 0.717) is 47.6 Å². The first-order valence-electron chi connectivity index (χ1n) is 9.82. The third kappa shape index (κ3) is 10.4. The van der Waals surface area contributed by atoms with E-state index in [9.17, 15) is 9.59 Å². The van der Waals surface area contributed by atoms with Crippen molar-refractivity contribution in [1.29, 1.82) is 0 Å². The SMILES string of the molecule is O=C(COc1ccc(Br)cc1Cl)OCCCCCCOC(=O)COc1ccc(Br)cc1Cl. The van der Waals surface area contributed by atoms with Crippen LogP contribution in [0.1, 0.15) is 25.7 Å². The maximum Gasteiger partial charge on any atom is 0.344 e. The monoisotopic (exact) mass is 610 g/mol. The van der Waals surface area contributed by atoms with Crippen molar-refractivity contribution >= 4 is 67.0 Å². The molecule has 0 saturated heterocycles. The van der Waals surface area contributed by atoms with E-state index in [1.165, 1.54) is 0 Å². The van der Waals surface area contributed by atoms with Crippen LogP contribution in [0.15, 0.2) is 45.3 Å². The zero-order valence-corrected chi connectivity index (χ0v) is 21.8. The second kappa shape index (κ2) is 14.6. The van der Waals surface area contributed by atoms with Crippen LogP contribution in [0.4, 0.5) is 0 Å². The van der Waals surface area contributed by atoms with Crippen molar-refractivity contribution in [3.8, 4) is 11.5 Å². The lowest BCUT2D eigenvalue weighted by molar-refractivity contribution is -0.147. The summed E-state index contributed by atoms with van der Waals surface area (Å²) in [6.45, 7) is 0.200. The molecule has 0 unspecified atom stereocenters. The fraction of sp³-hybridized carbons (Fsp3) is 0.364. The van der Waals surface area contributed by atoms with E-state index in [4.69, 9.17) is 42.1 Å². The molecular weight excluding hydrogens is 591 g/mol. The minimum absolute atomic E-state index is 0.204. The summed E-state index contributed by atoms with van der Waals surface area (Å²) in [5, 5.41) is 0.827. The molecule has 0 atom stereocenters. The molecule has 0 aliphatic rings. The van der Waals surface area contributed by atoms with Crippen LogP contribution in [0.3, 0.4) is 0 Å². The van der Waals surface area contributed by atoms with Crippen molar-refractivity contribution in [2.45, 2.75) is 25.7 Å². The summed E-state index contributed by atoms with van der Waals surface area (Å²) >= 11 is 18.6. The van der Waals surface area contributed by atoms with Gasteiger partial charge in [0.25, 0.3) is 0 Å². The van der Waals surface area contributed by atoms with Gasteiger partial charge >= 0.3 is 11.9 Å². The third-order valence-electron chi connectivity index (χ3n) is 4.04. The van der Waals surface area contributed by atoms with Crippen molar-refractivity contribution in [2.24, 2.45) is 0 Å². The molecule has 2 aromatic carbocycles. The second-order valence-electron chi connectivity index (χ2n) is 6.58. The minimum atomic E-state index is -0.455. The Hall–Kier alpha value is -1.48. The van der Waals surface area contributed by atoms with Crippen LogP contribution in [-0.2, 0) is 19.1 Å². The van der Waals surface area contributed by atoms with Crippen molar-refractivity contribution in [3.05, 3.63) is 55.4 Å². The highest BCUT2D eigenvalue weighted by Crippen LogP contribution is 2.28. The molecule has 174 valence electrons. The quantitative estimate of drug-likeness (QED) is 0.187. The van der Waals surface area contributed by atoms with Crippen LogP contribution in [-0.4, -0.2) is 38.4 Å². The summed E-state index contributed by atoms with van der Waals surface area (Å²) in [6, 6.07) is 10.3. The average Bonchev–Trinajstić information content (AvgIpc) is 2.74. The molecule has 0 aliphatic heterocycles. The summed E-state index contributed by atoms with van der Waals surface area (Å²) in [5.41, 5.74) is 0. The number of hydrogen-bond acceptors (Lipinski definition) is 6. The molecule has 2 rings (SSSR count). The zero-order valence-electron chi connectivity index (χ0n) is 17.1. The first kappa shape index (κ1) is 26.8. The smallest absolute Gasteiger partial charge is 0.344 e. The fourth-order valence-electron chi connectivity index (χ4n) is 2.47. The van der Waals surface area contributed by atoms with Gasteiger partial charge in [-0.25, -0.2) is 9.59 Å². The fourth-order valence-corrected chi connectivity index (χ4v) is 3.93. The van der Waals surface area contributed by atoms with Gasteiger partial charge in [-0.15, -0.1) is 0 Å². The molecule has 0 bridgehead atoms. The van der Waals surface area contributed by atoms with Crippen LogP contribution in [0.2, 0.25) is 10.0 Å². The number of carbonyl (C=O) groups excluding carboxylic acids is 2. The largest absolute Gasteiger partial charge is 0.480 e. The average molecular weight is 613 g/mol. The van der Waals surface area contributed by atoms with E-state index in [2.05, 4.69) is 31.9 Å². The van der Waals surface area contributed by atoms with Gasteiger partial charge in [-0.2, -0.15) is 0 Å². The topological polar surface area (TPSA) is 71.1 Å². The number of rotatable bonds is 13. The van der Waals surface area contributed by atoms with Crippen LogP contribution in [0.5, 0.6) is 11.5 Å². The van der Waals surface area contributed by atoms with Crippen LogP contribution < -0.4 is 9.47 Å². The van der Waals surface area contributed by atoms with Gasteiger partial charge in [0.05, 0.1) is 23.3 Å². The number of unbranched alkanes of at least 4 members (excludes halogenated alkanes) is 3. The normalized spacial score (nSPS) is 10.5. The Morgan fingerprint density at radius 2 is 1.09 bits per heavy atom. The predicted octanol–water partition coefficient (Wildman–Crippen LogP) is 6.62. The van der Waals surface area contributed by atoms with Crippen LogP contribution in [0, 0.1) is 0 Å². The maximum atomic E-state index is 11.7. The van der Waals surface area contributed by atoms with E-state index >= 15 is 0 Å². The van der Waals surface area contributed by atoms with Crippen molar-refractivity contribution in [2.75, 3.05) is 26.4 Å². The van der Waals surface area contributed by atoms with E-state index in [-0.39, 0.29) is 13.2 Å². The van der Waals surface area contributed by atoms with E-state index in [0.717, 1.165) is 21.8 Å². The highest BCUT2D eigenvalue weighted by molar-refractivity contribution is 9.10. The molecule has 0 fully saturated rings. The van der Waals surface area contributed by atoms with E-state index < -0.39 is 11.9 Å². The highest BCUT2D eigenvalue weighted by atomic mass is 79.9. The molecule has 0 amide bonds. The lowest BCUT2D eigenvalue weighted by Gasteiger charge is -2.09. The number of halogens is 4. The molecule has 10 heteroatoms. The number of esters is 2. The first-order chi connectivity index (χ1) is 15.3. The molecule has 0 aromatic heterocycles. The summed E-state index contributed by atoms with van der Waals surface area (Å²) in [6.07, 6.45) is 3.11. The van der Waals surface area contributed by atoms with E-state index in [1.54, 1.807) is 36.4 Å². The molecule has 0 spiro atoms. The Morgan fingerprint density at radius 1 is 0.688 bits per heavy atom. The van der Waals surface area contributed by atoms with Gasteiger partial charge in [0, 0.05) is 8.95 Å². The first-order valence-corrected chi connectivity index (χ1v) is 12.2. The molecule has 0 saturated carbocycles. The molecule has 0 heterocycles. The van der Waals surface area contributed by atoms with Gasteiger partial charge in [0.1, 0.15) is 11.5 Å². The zero-order chi connectivity index (χ0) is 23.3. The van der Waals surface area contributed by atoms with Crippen molar-refractivity contribution < 1.29 is 28.5 Å². The highest BCUT2D eigenvalue weighted by Gasteiger charge is 2.09. The van der Waals surface area contributed by atoms with E-state index in [1.807, 2.05) is 0 Å². The summed E-state index contributed by atoms with van der Waals surface area (Å²) in [7, 11) is 0. The lowest BCUT2D eigenvalue weighted by atomic mass is 10.2. The molecule has 2 aromatic rings. The summed E-state index contributed by atoms with van der Waals surface area (Å²) in [4.78, 5) is 23.5. The van der Waals surface area contributed by atoms with Gasteiger partial charge in [-0.05, 0) is 62.1 Å². The van der Waals surface area contributed by atoms with Crippen molar-refractivity contribution in [3.63, 3.8) is 0 Å². The number of benzene rings is 2. The summed E-state index contributed by atoms with van der Waals surface area (Å²) in [5.74, 6) is -0.0639. The maximum absolute atomic E-state index is 11.7. The minimum Gasteiger partial charge on any atom is -0.480 e. The van der Waals surface area contributed by atoms with Gasteiger partial charge in [0.2, 0.25) is 0 Å². The standard InChI is InChI=1S/C22H22Br2Cl2O6/c23-15-5-7-19(17(25)11-15)31-13-21(27)29-9-3-1-2-4-10-30-22(28)14-32-20-8-6-16(24)12-18(20)26/h5-8,11-12H,1-4,9-10,13-14H2. The molecule has 6 nitrogen and oxygen atoms in total.